The van der Waals surface area contributed by atoms with E-state index in [2.05, 4.69) is 15.6 Å². The third-order valence-electron chi connectivity index (χ3n) is 2.40. The molecule has 6 nitrogen and oxygen atoms in total. The Labute approximate surface area is 88.0 Å². The molecule has 0 aromatic rings. The zero-order chi connectivity index (χ0) is 11.6. The first-order valence-electron chi connectivity index (χ1n) is 4.62. The molecule has 0 aromatic carbocycles. The van der Waals surface area contributed by atoms with Gasteiger partial charge in [-0.2, -0.15) is 5.26 Å². The van der Waals surface area contributed by atoms with Crippen molar-refractivity contribution >= 4 is 11.7 Å². The second-order valence-electron chi connectivity index (χ2n) is 3.82. The first-order valence-corrected chi connectivity index (χ1v) is 4.62. The molecule has 1 heterocycles. The number of nitriles is 1. The Balaban J connectivity index is 2.98. The van der Waals surface area contributed by atoms with E-state index in [9.17, 15) is 9.90 Å². The Morgan fingerprint density at radius 1 is 1.80 bits per heavy atom. The number of carbonyl (C=O) groups excluding carboxylic acids is 1. The first-order chi connectivity index (χ1) is 6.88. The predicted molar refractivity (Wildman–Crippen MR) is 53.6 cm³/mol. The van der Waals surface area contributed by atoms with Crippen molar-refractivity contribution in [1.82, 2.24) is 10.6 Å². The predicted octanol–water partition coefficient (Wildman–Crippen LogP) is -0.682. The first kappa shape index (κ1) is 11.5. The fraction of sp³-hybridized carbons (Fsp3) is 0.667. The van der Waals surface area contributed by atoms with E-state index in [1.54, 1.807) is 13.1 Å². The summed E-state index contributed by atoms with van der Waals surface area (Å²) in [6.07, 6.45) is 1.70. The number of nitrogens with zero attached hydrogens (tertiary/aromatic N) is 2. The van der Waals surface area contributed by atoms with E-state index < -0.39 is 11.6 Å². The molecule has 0 saturated carbocycles. The molecule has 0 aromatic heterocycles. The van der Waals surface area contributed by atoms with Gasteiger partial charge in [0.1, 0.15) is 11.5 Å². The van der Waals surface area contributed by atoms with Gasteiger partial charge in [-0.1, -0.05) is 0 Å². The third kappa shape index (κ3) is 2.25. The summed E-state index contributed by atoms with van der Waals surface area (Å²) in [4.78, 5) is 15.4. The number of carbonyl (C=O) groups is 1. The number of guanidine groups is 1. The lowest BCUT2D eigenvalue weighted by atomic mass is 9.86. The average molecular weight is 210 g/mol. The van der Waals surface area contributed by atoms with Gasteiger partial charge in [-0.15, -0.1) is 0 Å². The largest absolute Gasteiger partial charge is 0.370 e. The SMILES string of the molecule is CC(=O)[C@@H]1[C@@H](C)N=C(NC#N)N[C@@]1(C)O. The van der Waals surface area contributed by atoms with Gasteiger partial charge < -0.3 is 10.4 Å². The number of Topliss-reactive ketones (excluding diaryl/α,β-unsaturated/α-hetero) is 1. The van der Waals surface area contributed by atoms with Gasteiger partial charge in [-0.25, -0.2) is 4.99 Å². The Morgan fingerprint density at radius 2 is 2.40 bits per heavy atom. The minimum atomic E-state index is -1.38. The summed E-state index contributed by atoms with van der Waals surface area (Å²) in [5.74, 6) is -0.561. The summed E-state index contributed by atoms with van der Waals surface area (Å²) >= 11 is 0. The molecule has 1 aliphatic rings. The highest BCUT2D eigenvalue weighted by molar-refractivity contribution is 5.87. The van der Waals surface area contributed by atoms with E-state index in [4.69, 9.17) is 5.26 Å². The Morgan fingerprint density at radius 3 is 2.80 bits per heavy atom. The molecule has 0 fully saturated rings. The van der Waals surface area contributed by atoms with Crippen LogP contribution in [-0.2, 0) is 4.79 Å². The molecule has 0 radical (unpaired) electrons. The van der Waals surface area contributed by atoms with E-state index in [0.29, 0.717) is 0 Å². The number of ketones is 1. The van der Waals surface area contributed by atoms with Crippen LogP contribution >= 0.6 is 0 Å². The number of hydrogen-bond acceptors (Lipinski definition) is 6. The highest BCUT2D eigenvalue weighted by Crippen LogP contribution is 2.24. The zero-order valence-electron chi connectivity index (χ0n) is 8.90. The molecule has 6 heteroatoms. The van der Waals surface area contributed by atoms with E-state index in [0.717, 1.165) is 0 Å². The second kappa shape index (κ2) is 3.87. The normalized spacial score (nSPS) is 34.7. The summed E-state index contributed by atoms with van der Waals surface area (Å²) in [6, 6.07) is -0.366. The van der Waals surface area contributed by atoms with Gasteiger partial charge in [0.05, 0.1) is 12.0 Å². The molecule has 1 aliphatic heterocycles. The van der Waals surface area contributed by atoms with E-state index >= 15 is 0 Å². The Bertz CT molecular complexity index is 343. The van der Waals surface area contributed by atoms with Crippen molar-refractivity contribution in [3.05, 3.63) is 0 Å². The summed E-state index contributed by atoms with van der Waals surface area (Å²) in [5.41, 5.74) is -1.38. The van der Waals surface area contributed by atoms with Crippen molar-refractivity contribution in [1.29, 1.82) is 5.26 Å². The topological polar surface area (TPSA) is 97.5 Å². The lowest BCUT2D eigenvalue weighted by Gasteiger charge is -2.38. The van der Waals surface area contributed by atoms with E-state index in [1.165, 1.54) is 13.8 Å². The van der Waals surface area contributed by atoms with Crippen LogP contribution in [0.4, 0.5) is 0 Å². The minimum absolute atomic E-state index is 0.139. The van der Waals surface area contributed by atoms with Crippen LogP contribution < -0.4 is 10.6 Å². The molecule has 15 heavy (non-hydrogen) atoms. The number of rotatable bonds is 1. The molecule has 0 unspecified atom stereocenters. The molecule has 0 amide bonds. The van der Waals surface area contributed by atoms with Gasteiger partial charge in [0.25, 0.3) is 0 Å². The lowest BCUT2D eigenvalue weighted by molar-refractivity contribution is -0.132. The highest BCUT2D eigenvalue weighted by atomic mass is 16.3. The van der Waals surface area contributed by atoms with Gasteiger partial charge in [-0.3, -0.25) is 10.1 Å². The summed E-state index contributed by atoms with van der Waals surface area (Å²) in [5, 5.41) is 23.3. The van der Waals surface area contributed by atoms with Gasteiger partial charge in [-0.05, 0) is 20.8 Å². The van der Waals surface area contributed by atoms with Crippen LogP contribution in [0.2, 0.25) is 0 Å². The highest BCUT2D eigenvalue weighted by Gasteiger charge is 2.43. The van der Waals surface area contributed by atoms with Gasteiger partial charge >= 0.3 is 0 Å². The monoisotopic (exact) mass is 210 g/mol. The molecule has 1 rings (SSSR count). The van der Waals surface area contributed by atoms with Crippen LogP contribution in [-0.4, -0.2) is 28.6 Å². The molecule has 3 N–H and O–H groups in total. The molecule has 0 aliphatic carbocycles. The number of aliphatic imine (C=N–C) groups is 1. The van der Waals surface area contributed by atoms with Crippen LogP contribution in [0.25, 0.3) is 0 Å². The van der Waals surface area contributed by atoms with E-state index in [1.807, 2.05) is 0 Å². The van der Waals surface area contributed by atoms with E-state index in [-0.39, 0.29) is 17.8 Å². The molecule has 0 saturated heterocycles. The van der Waals surface area contributed by atoms with Crippen LogP contribution in [0.15, 0.2) is 4.99 Å². The maximum Gasteiger partial charge on any atom is 0.207 e. The van der Waals surface area contributed by atoms with Gasteiger partial charge in [0.15, 0.2) is 6.19 Å². The average Bonchev–Trinajstić information content (AvgIpc) is 1.99. The van der Waals surface area contributed by atoms with Crippen molar-refractivity contribution in [3.8, 4) is 6.19 Å². The second-order valence-corrected chi connectivity index (χ2v) is 3.82. The Hall–Kier alpha value is -1.61. The number of hydrogen-bond donors (Lipinski definition) is 3. The van der Waals surface area contributed by atoms with Crippen LogP contribution in [0.1, 0.15) is 20.8 Å². The maximum atomic E-state index is 11.3. The lowest BCUT2D eigenvalue weighted by Crippen LogP contribution is -2.62. The van der Waals surface area contributed by atoms with Crippen LogP contribution in [0.5, 0.6) is 0 Å². The van der Waals surface area contributed by atoms with Crippen molar-refractivity contribution in [3.63, 3.8) is 0 Å². The number of aliphatic hydroxyl groups is 1. The van der Waals surface area contributed by atoms with Crippen molar-refractivity contribution in [2.45, 2.75) is 32.5 Å². The fourth-order valence-electron chi connectivity index (χ4n) is 1.95. The van der Waals surface area contributed by atoms with Crippen molar-refractivity contribution < 1.29 is 9.90 Å². The molecule has 82 valence electrons. The maximum absolute atomic E-state index is 11.3. The zero-order valence-corrected chi connectivity index (χ0v) is 8.90. The summed E-state index contributed by atoms with van der Waals surface area (Å²) < 4.78 is 0. The standard InChI is InChI=1S/C9H14N4O2/c1-5-7(6(2)14)9(3,15)13-8(12-5)11-4-10/h5,7,15H,1-3H3,(H2,11,12,13)/t5-,7+,9+/m1/s1. The van der Waals surface area contributed by atoms with Crippen molar-refractivity contribution in [2.75, 3.05) is 0 Å². The minimum Gasteiger partial charge on any atom is -0.370 e. The molecule has 0 spiro atoms. The molecular weight excluding hydrogens is 196 g/mol. The van der Waals surface area contributed by atoms with Crippen molar-refractivity contribution in [2.24, 2.45) is 10.9 Å². The molecule has 3 atom stereocenters. The van der Waals surface area contributed by atoms with Gasteiger partial charge in [0, 0.05) is 0 Å². The van der Waals surface area contributed by atoms with Gasteiger partial charge in [0.2, 0.25) is 5.96 Å². The molecule has 0 bridgehead atoms. The molecular formula is C9H14N4O2. The quantitative estimate of drug-likeness (QED) is 0.393. The Kier molecular flexibility index (Phi) is 2.95. The fourth-order valence-corrected chi connectivity index (χ4v) is 1.95. The third-order valence-corrected chi connectivity index (χ3v) is 2.40. The van der Waals surface area contributed by atoms with Crippen LogP contribution in [0, 0.1) is 17.4 Å². The van der Waals surface area contributed by atoms with Crippen LogP contribution in [0.3, 0.4) is 0 Å². The summed E-state index contributed by atoms with van der Waals surface area (Å²) in [7, 11) is 0. The number of nitrogens with one attached hydrogen (secondary N) is 2. The summed E-state index contributed by atoms with van der Waals surface area (Å²) in [6.45, 7) is 4.62. The smallest absolute Gasteiger partial charge is 0.207 e.